The first-order chi connectivity index (χ1) is 7.74. The van der Waals surface area contributed by atoms with Crippen molar-refractivity contribution in [2.24, 2.45) is 0 Å². The van der Waals surface area contributed by atoms with Crippen LogP contribution in [0.5, 0.6) is 11.5 Å². The summed E-state index contributed by atoms with van der Waals surface area (Å²) in [7, 11) is 3.32. The molecule has 0 amide bonds. The molecule has 88 valence electrons. The molecule has 1 saturated carbocycles. The Labute approximate surface area is 96.8 Å². The van der Waals surface area contributed by atoms with Gasteiger partial charge in [-0.05, 0) is 37.5 Å². The second-order valence-corrected chi connectivity index (χ2v) is 4.28. The Bertz CT molecular complexity index is 361. The lowest BCUT2D eigenvalue weighted by atomic mass is 10.1. The monoisotopic (exact) mass is 221 g/mol. The standard InChI is InChI=1S/C13H19NO2/c1-9(14-11-5-6-11)10-4-7-12(15-2)13(8-10)16-3/h4,7-9,11,14H,5-6H2,1-3H3. The number of hydrogen-bond donors (Lipinski definition) is 1. The molecule has 1 N–H and O–H groups in total. The van der Waals surface area contributed by atoms with Gasteiger partial charge >= 0.3 is 0 Å². The minimum atomic E-state index is 0.368. The van der Waals surface area contributed by atoms with E-state index in [0.29, 0.717) is 12.1 Å². The van der Waals surface area contributed by atoms with E-state index in [-0.39, 0.29) is 0 Å². The van der Waals surface area contributed by atoms with Crippen molar-refractivity contribution in [3.05, 3.63) is 23.8 Å². The van der Waals surface area contributed by atoms with Crippen molar-refractivity contribution in [3.8, 4) is 11.5 Å². The van der Waals surface area contributed by atoms with Crippen LogP contribution in [0.2, 0.25) is 0 Å². The molecule has 1 aromatic carbocycles. The van der Waals surface area contributed by atoms with Gasteiger partial charge in [0, 0.05) is 12.1 Å². The zero-order chi connectivity index (χ0) is 11.5. The number of hydrogen-bond acceptors (Lipinski definition) is 3. The molecular formula is C13H19NO2. The SMILES string of the molecule is COc1ccc(C(C)NC2CC2)cc1OC. The molecule has 3 nitrogen and oxygen atoms in total. The molecule has 0 aliphatic heterocycles. The van der Waals surface area contributed by atoms with Gasteiger partial charge in [-0.1, -0.05) is 6.07 Å². The minimum Gasteiger partial charge on any atom is -0.493 e. The summed E-state index contributed by atoms with van der Waals surface area (Å²) in [5.74, 6) is 1.58. The average Bonchev–Trinajstić information content (AvgIpc) is 3.11. The molecule has 1 aliphatic rings. The van der Waals surface area contributed by atoms with E-state index in [9.17, 15) is 0 Å². The van der Waals surface area contributed by atoms with Crippen molar-refractivity contribution < 1.29 is 9.47 Å². The van der Waals surface area contributed by atoms with E-state index < -0.39 is 0 Å². The van der Waals surface area contributed by atoms with E-state index in [1.807, 2.05) is 12.1 Å². The van der Waals surface area contributed by atoms with Crippen LogP contribution in [0, 0.1) is 0 Å². The number of rotatable bonds is 5. The maximum absolute atomic E-state index is 5.29. The first kappa shape index (κ1) is 11.3. The van der Waals surface area contributed by atoms with E-state index in [2.05, 4.69) is 18.3 Å². The second-order valence-electron chi connectivity index (χ2n) is 4.28. The average molecular weight is 221 g/mol. The molecule has 0 spiro atoms. The Morgan fingerprint density at radius 2 is 1.88 bits per heavy atom. The highest BCUT2D eigenvalue weighted by atomic mass is 16.5. The van der Waals surface area contributed by atoms with Crippen LogP contribution in [0.3, 0.4) is 0 Å². The van der Waals surface area contributed by atoms with Crippen molar-refractivity contribution in [2.75, 3.05) is 14.2 Å². The van der Waals surface area contributed by atoms with Crippen LogP contribution in [-0.4, -0.2) is 20.3 Å². The molecule has 1 atom stereocenters. The Kier molecular flexibility index (Phi) is 3.34. The molecule has 1 unspecified atom stereocenters. The van der Waals surface area contributed by atoms with Crippen molar-refractivity contribution in [1.29, 1.82) is 0 Å². The lowest BCUT2D eigenvalue weighted by Crippen LogP contribution is -2.20. The smallest absolute Gasteiger partial charge is 0.161 e. The van der Waals surface area contributed by atoms with Gasteiger partial charge in [0.2, 0.25) is 0 Å². The fourth-order valence-corrected chi connectivity index (χ4v) is 1.82. The Morgan fingerprint density at radius 1 is 1.19 bits per heavy atom. The summed E-state index contributed by atoms with van der Waals surface area (Å²) in [6, 6.07) is 7.16. The quantitative estimate of drug-likeness (QED) is 0.828. The fraction of sp³-hybridized carbons (Fsp3) is 0.538. The van der Waals surface area contributed by atoms with Gasteiger partial charge in [-0.3, -0.25) is 0 Å². The van der Waals surface area contributed by atoms with Gasteiger partial charge in [-0.25, -0.2) is 0 Å². The Balaban J connectivity index is 2.13. The summed E-state index contributed by atoms with van der Waals surface area (Å²) in [6.07, 6.45) is 2.61. The van der Waals surface area contributed by atoms with Gasteiger partial charge < -0.3 is 14.8 Å². The summed E-state index contributed by atoms with van der Waals surface area (Å²) < 4.78 is 10.5. The van der Waals surface area contributed by atoms with Crippen molar-refractivity contribution >= 4 is 0 Å². The van der Waals surface area contributed by atoms with Gasteiger partial charge in [0.15, 0.2) is 11.5 Å². The number of methoxy groups -OCH3 is 2. The molecule has 0 heterocycles. The lowest BCUT2D eigenvalue weighted by Gasteiger charge is -2.16. The zero-order valence-corrected chi connectivity index (χ0v) is 10.1. The first-order valence-electron chi connectivity index (χ1n) is 5.72. The minimum absolute atomic E-state index is 0.368. The van der Waals surface area contributed by atoms with Gasteiger partial charge in [0.1, 0.15) is 0 Å². The summed E-state index contributed by atoms with van der Waals surface area (Å²) in [5.41, 5.74) is 1.24. The molecule has 1 aromatic rings. The number of benzene rings is 1. The summed E-state index contributed by atoms with van der Waals surface area (Å²) in [5, 5.41) is 3.56. The van der Waals surface area contributed by atoms with Gasteiger partial charge in [-0.2, -0.15) is 0 Å². The number of nitrogens with one attached hydrogen (secondary N) is 1. The topological polar surface area (TPSA) is 30.5 Å². The van der Waals surface area contributed by atoms with Crippen LogP contribution in [-0.2, 0) is 0 Å². The van der Waals surface area contributed by atoms with E-state index in [1.165, 1.54) is 18.4 Å². The molecule has 0 aromatic heterocycles. The number of ether oxygens (including phenoxy) is 2. The molecule has 0 saturated heterocycles. The van der Waals surface area contributed by atoms with Crippen LogP contribution >= 0.6 is 0 Å². The van der Waals surface area contributed by atoms with E-state index in [1.54, 1.807) is 14.2 Å². The van der Waals surface area contributed by atoms with Gasteiger partial charge in [0.25, 0.3) is 0 Å². The van der Waals surface area contributed by atoms with Crippen molar-refractivity contribution in [1.82, 2.24) is 5.32 Å². The molecular weight excluding hydrogens is 202 g/mol. The highest BCUT2D eigenvalue weighted by molar-refractivity contribution is 5.43. The predicted octanol–water partition coefficient (Wildman–Crippen LogP) is 2.52. The normalized spacial score (nSPS) is 16.9. The summed E-state index contributed by atoms with van der Waals surface area (Å²) in [6.45, 7) is 2.18. The largest absolute Gasteiger partial charge is 0.493 e. The maximum Gasteiger partial charge on any atom is 0.161 e. The third kappa shape index (κ3) is 2.47. The van der Waals surface area contributed by atoms with E-state index in [0.717, 1.165) is 11.5 Å². The lowest BCUT2D eigenvalue weighted by molar-refractivity contribution is 0.354. The summed E-state index contributed by atoms with van der Waals surface area (Å²) in [4.78, 5) is 0. The zero-order valence-electron chi connectivity index (χ0n) is 10.1. The van der Waals surface area contributed by atoms with Crippen molar-refractivity contribution in [2.45, 2.75) is 31.8 Å². The third-order valence-corrected chi connectivity index (χ3v) is 2.97. The molecule has 3 heteroatoms. The Morgan fingerprint density at radius 3 is 2.44 bits per heavy atom. The second kappa shape index (κ2) is 4.74. The van der Waals surface area contributed by atoms with Crippen molar-refractivity contribution in [3.63, 3.8) is 0 Å². The molecule has 1 aliphatic carbocycles. The first-order valence-corrected chi connectivity index (χ1v) is 5.72. The Hall–Kier alpha value is -1.22. The third-order valence-electron chi connectivity index (χ3n) is 2.97. The summed E-state index contributed by atoms with van der Waals surface area (Å²) >= 11 is 0. The van der Waals surface area contributed by atoms with Crippen LogP contribution in [0.1, 0.15) is 31.4 Å². The van der Waals surface area contributed by atoms with Crippen LogP contribution in [0.4, 0.5) is 0 Å². The van der Waals surface area contributed by atoms with E-state index in [4.69, 9.17) is 9.47 Å². The maximum atomic E-state index is 5.29. The van der Waals surface area contributed by atoms with Crippen LogP contribution < -0.4 is 14.8 Å². The van der Waals surface area contributed by atoms with E-state index >= 15 is 0 Å². The van der Waals surface area contributed by atoms with Crippen LogP contribution in [0.25, 0.3) is 0 Å². The highest BCUT2D eigenvalue weighted by Gasteiger charge is 2.23. The predicted molar refractivity (Wildman–Crippen MR) is 64.1 cm³/mol. The molecule has 0 radical (unpaired) electrons. The molecule has 16 heavy (non-hydrogen) atoms. The van der Waals surface area contributed by atoms with Gasteiger partial charge in [0.05, 0.1) is 14.2 Å². The fourth-order valence-electron chi connectivity index (χ4n) is 1.82. The molecule has 1 fully saturated rings. The van der Waals surface area contributed by atoms with Gasteiger partial charge in [-0.15, -0.1) is 0 Å². The van der Waals surface area contributed by atoms with Crippen LogP contribution in [0.15, 0.2) is 18.2 Å². The molecule has 0 bridgehead atoms. The molecule has 2 rings (SSSR count). The highest BCUT2D eigenvalue weighted by Crippen LogP contribution is 2.31.